The summed E-state index contributed by atoms with van der Waals surface area (Å²) in [5.41, 5.74) is 2.26. The summed E-state index contributed by atoms with van der Waals surface area (Å²) in [6, 6.07) is 9.66. The van der Waals surface area contributed by atoms with Crippen LogP contribution in [0.4, 0.5) is 0 Å². The monoisotopic (exact) mass is 295 g/mol. The second kappa shape index (κ2) is 4.20. The van der Waals surface area contributed by atoms with E-state index < -0.39 is 0 Å². The molecule has 3 heterocycles. The van der Waals surface area contributed by atoms with E-state index >= 15 is 0 Å². The molecule has 4 rings (SSSR count). The van der Waals surface area contributed by atoms with Gasteiger partial charge in [-0.1, -0.05) is 30.3 Å². The Hall–Kier alpha value is -3.09. The third-order valence-electron chi connectivity index (χ3n) is 3.93. The van der Waals surface area contributed by atoms with Gasteiger partial charge in [0.25, 0.3) is 5.56 Å². The number of fused-ring (bicyclic) bond motifs is 3. The van der Waals surface area contributed by atoms with E-state index in [4.69, 9.17) is 0 Å². The molecule has 22 heavy (non-hydrogen) atoms. The third-order valence-corrected chi connectivity index (χ3v) is 3.93. The number of aromatic amines is 1. The summed E-state index contributed by atoms with van der Waals surface area (Å²) >= 11 is 0. The van der Waals surface area contributed by atoms with Crippen LogP contribution < -0.4 is 11.2 Å². The van der Waals surface area contributed by atoms with Gasteiger partial charge in [-0.2, -0.15) is 0 Å². The van der Waals surface area contributed by atoms with E-state index in [-0.39, 0.29) is 11.2 Å². The second-order valence-corrected chi connectivity index (χ2v) is 5.25. The molecule has 7 nitrogen and oxygen atoms in total. The van der Waals surface area contributed by atoms with E-state index in [1.54, 1.807) is 18.7 Å². The first kappa shape index (κ1) is 12.6. The molecular weight excluding hydrogens is 282 g/mol. The van der Waals surface area contributed by atoms with Crippen molar-refractivity contribution in [3.05, 3.63) is 57.4 Å². The largest absolute Gasteiger partial charge is 0.349 e. The predicted molar refractivity (Wildman–Crippen MR) is 83.0 cm³/mol. The molecule has 0 atom stereocenters. The van der Waals surface area contributed by atoms with E-state index in [1.165, 1.54) is 8.97 Å². The van der Waals surface area contributed by atoms with Gasteiger partial charge in [0.15, 0.2) is 0 Å². The molecule has 110 valence electrons. The Kier molecular flexibility index (Phi) is 2.41. The molecule has 1 aromatic carbocycles. The Morgan fingerprint density at radius 3 is 2.50 bits per heavy atom. The van der Waals surface area contributed by atoms with Crippen molar-refractivity contribution in [2.75, 3.05) is 0 Å². The normalized spacial score (nSPS) is 11.5. The fraction of sp³-hybridized carbons (Fsp3) is 0.133. The highest BCUT2D eigenvalue weighted by molar-refractivity contribution is 5.94. The van der Waals surface area contributed by atoms with Gasteiger partial charge >= 0.3 is 5.69 Å². The Bertz CT molecular complexity index is 1130. The topological polar surface area (TPSA) is 77.1 Å². The van der Waals surface area contributed by atoms with Crippen LogP contribution in [-0.2, 0) is 14.1 Å². The maximum absolute atomic E-state index is 12.6. The Morgan fingerprint density at radius 2 is 1.77 bits per heavy atom. The van der Waals surface area contributed by atoms with Gasteiger partial charge in [0.05, 0.1) is 5.52 Å². The molecule has 0 saturated carbocycles. The minimum Gasteiger partial charge on any atom is -0.344 e. The maximum Gasteiger partial charge on any atom is 0.349 e. The van der Waals surface area contributed by atoms with Crippen molar-refractivity contribution in [2.45, 2.75) is 0 Å². The van der Waals surface area contributed by atoms with E-state index in [0.717, 1.165) is 11.1 Å². The molecule has 0 fully saturated rings. The molecule has 0 aliphatic heterocycles. The van der Waals surface area contributed by atoms with Crippen LogP contribution >= 0.6 is 0 Å². The number of aromatic nitrogens is 5. The van der Waals surface area contributed by atoms with Crippen LogP contribution in [0.3, 0.4) is 0 Å². The number of hydrogen-bond donors (Lipinski definition) is 1. The number of nitrogens with zero attached hydrogens (tertiary/aromatic N) is 4. The minimum atomic E-state index is -0.362. The number of rotatable bonds is 1. The lowest BCUT2D eigenvalue weighted by atomic mass is 10.1. The van der Waals surface area contributed by atoms with Gasteiger partial charge in [0.2, 0.25) is 5.78 Å². The third kappa shape index (κ3) is 1.47. The van der Waals surface area contributed by atoms with Gasteiger partial charge in [-0.05, 0) is 5.56 Å². The van der Waals surface area contributed by atoms with E-state index in [1.807, 2.05) is 36.5 Å². The first-order valence-electron chi connectivity index (χ1n) is 6.80. The van der Waals surface area contributed by atoms with Gasteiger partial charge in [-0.25, -0.2) is 14.3 Å². The van der Waals surface area contributed by atoms with Crippen molar-refractivity contribution in [3.63, 3.8) is 0 Å². The molecular formula is C15H13N5O2. The quantitative estimate of drug-likeness (QED) is 0.566. The van der Waals surface area contributed by atoms with Crippen molar-refractivity contribution in [1.82, 2.24) is 23.7 Å². The summed E-state index contributed by atoms with van der Waals surface area (Å²) in [7, 11) is 3.40. The van der Waals surface area contributed by atoms with Crippen LogP contribution in [0.5, 0.6) is 0 Å². The molecule has 0 bridgehead atoms. The zero-order valence-electron chi connectivity index (χ0n) is 12.1. The number of nitrogens with one attached hydrogen (secondary N) is 1. The summed E-state index contributed by atoms with van der Waals surface area (Å²) in [6.07, 6.45) is 1.86. The molecule has 3 aromatic heterocycles. The Balaban J connectivity index is 2.34. The van der Waals surface area contributed by atoms with E-state index in [9.17, 15) is 9.59 Å². The first-order chi connectivity index (χ1) is 10.6. The molecule has 7 heteroatoms. The fourth-order valence-electron chi connectivity index (χ4n) is 2.89. The van der Waals surface area contributed by atoms with Crippen molar-refractivity contribution in [2.24, 2.45) is 14.1 Å². The molecule has 0 spiro atoms. The summed E-state index contributed by atoms with van der Waals surface area (Å²) in [6.45, 7) is 0. The highest BCUT2D eigenvalue weighted by Gasteiger charge is 2.19. The van der Waals surface area contributed by atoms with Crippen LogP contribution in [0.15, 0.2) is 46.1 Å². The van der Waals surface area contributed by atoms with Crippen LogP contribution in [0, 0.1) is 0 Å². The van der Waals surface area contributed by atoms with Gasteiger partial charge in [0.1, 0.15) is 5.52 Å². The number of aryl methyl sites for hydroxylation is 2. The van der Waals surface area contributed by atoms with E-state index in [2.05, 4.69) is 10.2 Å². The van der Waals surface area contributed by atoms with Crippen molar-refractivity contribution in [1.29, 1.82) is 0 Å². The maximum atomic E-state index is 12.6. The highest BCUT2D eigenvalue weighted by Crippen LogP contribution is 2.28. The standard InChI is InChI=1S/C15H13N5O2/c1-18-8-10(9-6-4-3-5-7-9)11-12(18)13(21)19(2)14-16-17-15(22)20(11)14/h3-8H,1-2H3,(H,17,22). The molecule has 0 amide bonds. The van der Waals surface area contributed by atoms with Crippen LogP contribution in [0.25, 0.3) is 27.9 Å². The molecule has 0 aliphatic carbocycles. The Morgan fingerprint density at radius 1 is 1.05 bits per heavy atom. The first-order valence-corrected chi connectivity index (χ1v) is 6.80. The van der Waals surface area contributed by atoms with Crippen LogP contribution in [-0.4, -0.2) is 23.7 Å². The van der Waals surface area contributed by atoms with Gasteiger partial charge in [0, 0.05) is 25.9 Å². The summed E-state index contributed by atoms with van der Waals surface area (Å²) in [4.78, 5) is 24.8. The lowest BCUT2D eigenvalue weighted by molar-refractivity contribution is 0.841. The summed E-state index contributed by atoms with van der Waals surface area (Å²) in [5.74, 6) is 0.297. The van der Waals surface area contributed by atoms with Gasteiger partial charge in [-0.3, -0.25) is 9.36 Å². The van der Waals surface area contributed by atoms with Crippen LogP contribution in [0.2, 0.25) is 0 Å². The summed E-state index contributed by atoms with van der Waals surface area (Å²) < 4.78 is 4.56. The highest BCUT2D eigenvalue weighted by atomic mass is 16.2. The minimum absolute atomic E-state index is 0.189. The molecule has 0 radical (unpaired) electrons. The average Bonchev–Trinajstić information content (AvgIpc) is 3.06. The zero-order valence-corrected chi connectivity index (χ0v) is 12.1. The molecule has 4 aromatic rings. The number of benzene rings is 1. The molecule has 1 N–H and O–H groups in total. The van der Waals surface area contributed by atoms with Crippen molar-refractivity contribution >= 4 is 16.8 Å². The molecule has 0 unspecified atom stereocenters. The van der Waals surface area contributed by atoms with Gasteiger partial charge in [-0.15, -0.1) is 5.10 Å². The smallest absolute Gasteiger partial charge is 0.344 e. The Labute approximate surface area is 124 Å². The van der Waals surface area contributed by atoms with Crippen molar-refractivity contribution < 1.29 is 0 Å². The average molecular weight is 295 g/mol. The molecule has 0 saturated heterocycles. The fourth-order valence-corrected chi connectivity index (χ4v) is 2.89. The van der Waals surface area contributed by atoms with Crippen molar-refractivity contribution in [3.8, 4) is 11.1 Å². The van der Waals surface area contributed by atoms with E-state index in [0.29, 0.717) is 16.8 Å². The molecule has 0 aliphatic rings. The van der Waals surface area contributed by atoms with Gasteiger partial charge < -0.3 is 4.57 Å². The lowest BCUT2D eigenvalue weighted by Crippen LogP contribution is -2.24. The zero-order chi connectivity index (χ0) is 15.4. The number of H-pyrrole nitrogens is 1. The lowest BCUT2D eigenvalue weighted by Gasteiger charge is -2.04. The SMILES string of the molecule is Cn1cc(-c2ccccc2)c2c1c(=O)n(C)c1n[nH]c(=O)n21. The number of hydrogen-bond acceptors (Lipinski definition) is 3. The predicted octanol–water partition coefficient (Wildman–Crippen LogP) is 0.880. The second-order valence-electron chi connectivity index (χ2n) is 5.25. The van der Waals surface area contributed by atoms with Crippen LogP contribution in [0.1, 0.15) is 0 Å². The summed E-state index contributed by atoms with van der Waals surface area (Å²) in [5, 5.41) is 6.37.